The van der Waals surface area contributed by atoms with Gasteiger partial charge in [-0.25, -0.2) is 0 Å². The van der Waals surface area contributed by atoms with Crippen molar-refractivity contribution in [1.29, 1.82) is 0 Å². The van der Waals surface area contributed by atoms with Gasteiger partial charge < -0.3 is 10.6 Å². The molecule has 0 aliphatic rings. The van der Waals surface area contributed by atoms with Gasteiger partial charge >= 0.3 is 0 Å². The van der Waals surface area contributed by atoms with Gasteiger partial charge in [0.25, 0.3) is 0 Å². The largest absolute Gasteiger partial charge is 0.351 e. The average Bonchev–Trinajstić information content (AvgIpc) is 2.36. The number of aryl methyl sites for hydroxylation is 1. The highest BCUT2D eigenvalue weighted by Gasteiger charge is 2.13. The first-order chi connectivity index (χ1) is 9.31. The molecule has 1 aromatic rings. The molecule has 0 bridgehead atoms. The zero-order valence-electron chi connectivity index (χ0n) is 13.4. The molecule has 0 fully saturated rings. The third-order valence-corrected chi connectivity index (χ3v) is 3.20. The molecule has 1 rings (SSSR count). The Labute approximate surface area is 123 Å². The summed E-state index contributed by atoms with van der Waals surface area (Å²) in [4.78, 5) is 11.7. The van der Waals surface area contributed by atoms with Crippen LogP contribution in [-0.4, -0.2) is 18.0 Å². The zero-order valence-corrected chi connectivity index (χ0v) is 13.4. The van der Waals surface area contributed by atoms with E-state index in [4.69, 9.17) is 0 Å². The van der Waals surface area contributed by atoms with Gasteiger partial charge in [-0.3, -0.25) is 4.79 Å². The standard InChI is InChI=1S/C17H28N2O/c1-6-14-7-9-15(10-8-14)13(2)18-12-11-16(20)19-17(3,4)5/h7-10,13,18H,6,11-12H2,1-5H3,(H,19,20). The molecule has 0 aliphatic carbocycles. The molecule has 1 aromatic carbocycles. The Morgan fingerprint density at radius 1 is 1.20 bits per heavy atom. The summed E-state index contributed by atoms with van der Waals surface area (Å²) in [6.07, 6.45) is 1.57. The molecule has 3 nitrogen and oxygen atoms in total. The van der Waals surface area contributed by atoms with Gasteiger partial charge in [0.1, 0.15) is 0 Å². The van der Waals surface area contributed by atoms with E-state index in [1.54, 1.807) is 0 Å². The summed E-state index contributed by atoms with van der Waals surface area (Å²) in [7, 11) is 0. The third-order valence-electron chi connectivity index (χ3n) is 3.20. The number of hydrogen-bond acceptors (Lipinski definition) is 2. The fourth-order valence-corrected chi connectivity index (χ4v) is 2.04. The Balaban J connectivity index is 2.35. The van der Waals surface area contributed by atoms with Crippen LogP contribution in [0.5, 0.6) is 0 Å². The first kappa shape index (κ1) is 16.7. The summed E-state index contributed by atoms with van der Waals surface area (Å²) in [5, 5.41) is 6.36. The molecule has 0 aliphatic heterocycles. The summed E-state index contributed by atoms with van der Waals surface area (Å²) >= 11 is 0. The second-order valence-corrected chi connectivity index (χ2v) is 6.32. The van der Waals surface area contributed by atoms with Crippen molar-refractivity contribution in [2.75, 3.05) is 6.54 Å². The SMILES string of the molecule is CCc1ccc(C(C)NCCC(=O)NC(C)(C)C)cc1. The van der Waals surface area contributed by atoms with Crippen LogP contribution in [0, 0.1) is 0 Å². The third kappa shape index (κ3) is 6.20. The van der Waals surface area contributed by atoms with Crippen LogP contribution < -0.4 is 10.6 Å². The fraction of sp³-hybridized carbons (Fsp3) is 0.588. The van der Waals surface area contributed by atoms with E-state index in [-0.39, 0.29) is 17.5 Å². The molecule has 0 radical (unpaired) electrons. The normalized spacial score (nSPS) is 13.1. The summed E-state index contributed by atoms with van der Waals surface area (Å²) < 4.78 is 0. The highest BCUT2D eigenvalue weighted by atomic mass is 16.1. The van der Waals surface area contributed by atoms with Crippen LogP contribution in [0.25, 0.3) is 0 Å². The van der Waals surface area contributed by atoms with Gasteiger partial charge in [0.05, 0.1) is 0 Å². The summed E-state index contributed by atoms with van der Waals surface area (Å²) in [6, 6.07) is 8.92. The Morgan fingerprint density at radius 2 is 1.80 bits per heavy atom. The number of carbonyl (C=O) groups excluding carboxylic acids is 1. The van der Waals surface area contributed by atoms with Crippen molar-refractivity contribution >= 4 is 5.91 Å². The first-order valence-electron chi connectivity index (χ1n) is 7.45. The quantitative estimate of drug-likeness (QED) is 0.837. The molecule has 1 amide bonds. The van der Waals surface area contributed by atoms with Gasteiger partial charge in [-0.05, 0) is 45.2 Å². The molecule has 112 valence electrons. The van der Waals surface area contributed by atoms with Crippen molar-refractivity contribution in [2.24, 2.45) is 0 Å². The summed E-state index contributed by atoms with van der Waals surface area (Å²) in [6.45, 7) is 11.0. The predicted molar refractivity (Wildman–Crippen MR) is 84.8 cm³/mol. The van der Waals surface area contributed by atoms with Crippen LogP contribution in [0.15, 0.2) is 24.3 Å². The van der Waals surface area contributed by atoms with Gasteiger partial charge in [-0.15, -0.1) is 0 Å². The minimum absolute atomic E-state index is 0.0959. The lowest BCUT2D eigenvalue weighted by molar-refractivity contribution is -0.122. The Bertz CT molecular complexity index is 418. The van der Waals surface area contributed by atoms with Gasteiger partial charge in [0.2, 0.25) is 5.91 Å². The second kappa shape index (κ2) is 7.44. The Kier molecular flexibility index (Phi) is 6.21. The monoisotopic (exact) mass is 276 g/mol. The van der Waals surface area contributed by atoms with E-state index < -0.39 is 0 Å². The number of nitrogens with one attached hydrogen (secondary N) is 2. The van der Waals surface area contributed by atoms with Crippen LogP contribution in [0.4, 0.5) is 0 Å². The molecule has 0 saturated carbocycles. The Morgan fingerprint density at radius 3 is 2.30 bits per heavy atom. The molecule has 2 N–H and O–H groups in total. The highest BCUT2D eigenvalue weighted by molar-refractivity contribution is 5.76. The van der Waals surface area contributed by atoms with Crippen LogP contribution in [-0.2, 0) is 11.2 Å². The van der Waals surface area contributed by atoms with Crippen molar-refractivity contribution in [1.82, 2.24) is 10.6 Å². The van der Waals surface area contributed by atoms with Crippen LogP contribution in [0.3, 0.4) is 0 Å². The topological polar surface area (TPSA) is 41.1 Å². The minimum Gasteiger partial charge on any atom is -0.351 e. The van der Waals surface area contributed by atoms with E-state index in [0.717, 1.165) is 6.42 Å². The van der Waals surface area contributed by atoms with Crippen molar-refractivity contribution in [3.63, 3.8) is 0 Å². The zero-order chi connectivity index (χ0) is 15.2. The van der Waals surface area contributed by atoms with Crippen molar-refractivity contribution in [3.05, 3.63) is 35.4 Å². The molecule has 1 atom stereocenters. The fourth-order valence-electron chi connectivity index (χ4n) is 2.04. The van der Waals surface area contributed by atoms with Gasteiger partial charge in [0.15, 0.2) is 0 Å². The maximum Gasteiger partial charge on any atom is 0.221 e. The van der Waals surface area contributed by atoms with Crippen LogP contribution >= 0.6 is 0 Å². The Hall–Kier alpha value is -1.35. The number of hydrogen-bond donors (Lipinski definition) is 2. The lowest BCUT2D eigenvalue weighted by atomic mass is 10.0. The number of carbonyl (C=O) groups is 1. The second-order valence-electron chi connectivity index (χ2n) is 6.32. The lowest BCUT2D eigenvalue weighted by Gasteiger charge is -2.21. The van der Waals surface area contributed by atoms with Crippen molar-refractivity contribution < 1.29 is 4.79 Å². The number of amides is 1. The molecule has 3 heteroatoms. The van der Waals surface area contributed by atoms with Crippen LogP contribution in [0.2, 0.25) is 0 Å². The molecule has 0 heterocycles. The van der Waals surface area contributed by atoms with E-state index in [2.05, 4.69) is 48.7 Å². The van der Waals surface area contributed by atoms with Gasteiger partial charge in [-0.2, -0.15) is 0 Å². The van der Waals surface area contributed by atoms with E-state index in [1.165, 1.54) is 11.1 Å². The molecule has 1 unspecified atom stereocenters. The smallest absolute Gasteiger partial charge is 0.221 e. The minimum atomic E-state index is -0.154. The molecule has 0 spiro atoms. The summed E-state index contributed by atoms with van der Waals surface area (Å²) in [5.41, 5.74) is 2.46. The first-order valence-corrected chi connectivity index (χ1v) is 7.45. The molecule has 0 saturated heterocycles. The van der Waals surface area contributed by atoms with Crippen molar-refractivity contribution in [3.8, 4) is 0 Å². The van der Waals surface area contributed by atoms with E-state index in [0.29, 0.717) is 13.0 Å². The molecular weight excluding hydrogens is 248 g/mol. The average molecular weight is 276 g/mol. The lowest BCUT2D eigenvalue weighted by Crippen LogP contribution is -2.41. The van der Waals surface area contributed by atoms with E-state index in [9.17, 15) is 4.79 Å². The molecule has 20 heavy (non-hydrogen) atoms. The number of benzene rings is 1. The highest BCUT2D eigenvalue weighted by Crippen LogP contribution is 2.13. The van der Waals surface area contributed by atoms with Crippen molar-refractivity contribution in [2.45, 2.75) is 59.0 Å². The van der Waals surface area contributed by atoms with Gasteiger partial charge in [-0.1, -0.05) is 31.2 Å². The molecular formula is C17H28N2O. The number of rotatable bonds is 6. The maximum absolute atomic E-state index is 11.7. The summed E-state index contributed by atoms with van der Waals surface area (Å²) in [5.74, 6) is 0.0959. The molecule has 0 aromatic heterocycles. The van der Waals surface area contributed by atoms with Gasteiger partial charge in [0, 0.05) is 24.5 Å². The predicted octanol–water partition coefficient (Wildman–Crippen LogP) is 3.20. The maximum atomic E-state index is 11.7. The van der Waals surface area contributed by atoms with E-state index >= 15 is 0 Å². The van der Waals surface area contributed by atoms with Crippen LogP contribution in [0.1, 0.15) is 58.2 Å². The van der Waals surface area contributed by atoms with E-state index in [1.807, 2.05) is 20.8 Å².